The van der Waals surface area contributed by atoms with Crippen LogP contribution in [0.2, 0.25) is 10.0 Å². The van der Waals surface area contributed by atoms with Gasteiger partial charge in [0.1, 0.15) is 0 Å². The number of nitrogens with one attached hydrogen (secondary N) is 2. The average Bonchev–Trinajstić information content (AvgIpc) is 3.10. The van der Waals surface area contributed by atoms with E-state index in [9.17, 15) is 9.59 Å². The first-order valence-corrected chi connectivity index (χ1v) is 11.1. The fraction of sp³-hybridized carbons (Fsp3) is 0.238. The van der Waals surface area contributed by atoms with E-state index in [1.807, 2.05) is 32.0 Å². The highest BCUT2D eigenvalue weighted by atomic mass is 35.5. The molecule has 0 saturated carbocycles. The molecule has 0 bridgehead atoms. The van der Waals surface area contributed by atoms with Gasteiger partial charge in [0.05, 0.1) is 21.8 Å². The zero-order chi connectivity index (χ0) is 22.5. The molecule has 0 aliphatic rings. The molecule has 0 saturated heterocycles. The molecule has 0 aliphatic heterocycles. The fourth-order valence-electron chi connectivity index (χ4n) is 2.90. The van der Waals surface area contributed by atoms with Crippen LogP contribution in [0.3, 0.4) is 0 Å². The van der Waals surface area contributed by atoms with Crippen LogP contribution in [0, 0.1) is 6.92 Å². The maximum Gasteiger partial charge on any atom is 0.252 e. The second-order valence-electron chi connectivity index (χ2n) is 6.88. The second kappa shape index (κ2) is 10.2. The van der Waals surface area contributed by atoms with Crippen molar-refractivity contribution >= 4 is 52.5 Å². The lowest BCUT2D eigenvalue weighted by atomic mass is 10.1. The van der Waals surface area contributed by atoms with Crippen molar-refractivity contribution in [1.82, 2.24) is 20.1 Å². The Hall–Kier alpha value is -2.55. The molecule has 7 nitrogen and oxygen atoms in total. The van der Waals surface area contributed by atoms with Crippen molar-refractivity contribution in [2.24, 2.45) is 7.05 Å². The number of aryl methyl sites for hydroxylation is 1. The molecule has 3 aromatic rings. The minimum atomic E-state index is -0.357. The third-order valence-corrected chi connectivity index (χ3v) is 6.29. The number of nitrogens with zero attached hydrogens (tertiary/aromatic N) is 3. The molecule has 2 N–H and O–H groups in total. The number of anilines is 1. The highest BCUT2D eigenvalue weighted by Crippen LogP contribution is 2.25. The Labute approximate surface area is 194 Å². The summed E-state index contributed by atoms with van der Waals surface area (Å²) in [6.07, 6.45) is 0. The van der Waals surface area contributed by atoms with Crippen LogP contribution in [0.25, 0.3) is 0 Å². The van der Waals surface area contributed by atoms with Gasteiger partial charge in [-0.25, -0.2) is 0 Å². The summed E-state index contributed by atoms with van der Waals surface area (Å²) < 4.78 is 1.76. The van der Waals surface area contributed by atoms with E-state index >= 15 is 0 Å². The van der Waals surface area contributed by atoms with Gasteiger partial charge >= 0.3 is 0 Å². The van der Waals surface area contributed by atoms with Gasteiger partial charge in [0.25, 0.3) is 5.91 Å². The summed E-state index contributed by atoms with van der Waals surface area (Å²) in [4.78, 5) is 24.8. The average molecular weight is 478 g/mol. The van der Waals surface area contributed by atoms with Crippen molar-refractivity contribution in [3.05, 3.63) is 69.5 Å². The zero-order valence-corrected chi connectivity index (χ0v) is 19.5. The highest BCUT2D eigenvalue weighted by Gasteiger charge is 2.19. The van der Waals surface area contributed by atoms with E-state index in [2.05, 4.69) is 20.8 Å². The van der Waals surface area contributed by atoms with Gasteiger partial charge < -0.3 is 15.2 Å². The van der Waals surface area contributed by atoms with Crippen LogP contribution in [0.15, 0.2) is 47.6 Å². The molecule has 0 radical (unpaired) electrons. The molecule has 0 unspecified atom stereocenters. The molecule has 0 spiro atoms. The normalized spacial score (nSPS) is 11.8. The largest absolute Gasteiger partial charge is 0.342 e. The van der Waals surface area contributed by atoms with Gasteiger partial charge in [-0.05, 0) is 43.7 Å². The van der Waals surface area contributed by atoms with Gasteiger partial charge in [-0.15, -0.1) is 10.2 Å². The topological polar surface area (TPSA) is 88.9 Å². The molecule has 0 aliphatic carbocycles. The number of carbonyl (C=O) groups is 2. The number of rotatable bonds is 7. The van der Waals surface area contributed by atoms with Crippen LogP contribution in [0.1, 0.15) is 34.7 Å². The molecule has 10 heteroatoms. The van der Waals surface area contributed by atoms with Gasteiger partial charge in [-0.2, -0.15) is 0 Å². The Morgan fingerprint density at radius 1 is 1.13 bits per heavy atom. The van der Waals surface area contributed by atoms with Crippen LogP contribution in [-0.2, 0) is 11.8 Å². The number of benzene rings is 2. The Morgan fingerprint density at radius 3 is 2.58 bits per heavy atom. The molecule has 2 aromatic carbocycles. The predicted molar refractivity (Wildman–Crippen MR) is 124 cm³/mol. The first-order chi connectivity index (χ1) is 14.8. The number of aromatic nitrogens is 3. The minimum Gasteiger partial charge on any atom is -0.342 e. The molecular weight excluding hydrogens is 457 g/mol. The van der Waals surface area contributed by atoms with Crippen LogP contribution in [0.4, 0.5) is 5.69 Å². The zero-order valence-electron chi connectivity index (χ0n) is 17.1. The Morgan fingerprint density at radius 2 is 1.87 bits per heavy atom. The first-order valence-electron chi connectivity index (χ1n) is 9.39. The lowest BCUT2D eigenvalue weighted by molar-refractivity contribution is -0.113. The summed E-state index contributed by atoms with van der Waals surface area (Å²) in [6, 6.07) is 11.9. The summed E-state index contributed by atoms with van der Waals surface area (Å²) in [6.45, 7) is 3.73. The van der Waals surface area contributed by atoms with Crippen molar-refractivity contribution in [3.63, 3.8) is 0 Å². The summed E-state index contributed by atoms with van der Waals surface area (Å²) in [5.74, 6) is 0.336. The number of halogens is 2. The lowest BCUT2D eigenvalue weighted by Crippen LogP contribution is -2.29. The number of amides is 2. The first kappa shape index (κ1) is 23.1. The smallest absolute Gasteiger partial charge is 0.252 e. The summed E-state index contributed by atoms with van der Waals surface area (Å²) in [5, 5.41) is 15.4. The molecular formula is C21H21Cl2N5O2S. The van der Waals surface area contributed by atoms with E-state index in [-0.39, 0.29) is 23.6 Å². The van der Waals surface area contributed by atoms with Crippen molar-refractivity contribution in [3.8, 4) is 0 Å². The molecule has 1 aromatic heterocycles. The second-order valence-corrected chi connectivity index (χ2v) is 8.63. The third-order valence-electron chi connectivity index (χ3n) is 4.53. The molecule has 1 atom stereocenters. The number of hydrogen-bond acceptors (Lipinski definition) is 5. The standard InChI is InChI=1S/C21H21Cl2N5O2S/c1-12-6-4-5-7-15(12)20(30)24-13(2)19-26-27-21(28(19)3)31-11-18(29)25-14-8-9-16(22)17(23)10-14/h4-10,13H,11H2,1-3H3,(H,24,30)(H,25,29)/t13-/m0/s1. The minimum absolute atomic E-state index is 0.135. The Bertz CT molecular complexity index is 1120. The van der Waals surface area contributed by atoms with Crippen molar-refractivity contribution < 1.29 is 9.59 Å². The quantitative estimate of drug-likeness (QED) is 0.483. The van der Waals surface area contributed by atoms with Crippen molar-refractivity contribution in [1.29, 1.82) is 0 Å². The van der Waals surface area contributed by atoms with E-state index in [1.165, 1.54) is 11.8 Å². The maximum atomic E-state index is 12.6. The van der Waals surface area contributed by atoms with Crippen LogP contribution >= 0.6 is 35.0 Å². The molecule has 162 valence electrons. The SMILES string of the molecule is Cc1ccccc1C(=O)N[C@@H](C)c1nnc(SCC(=O)Nc2ccc(Cl)c(Cl)c2)n1C. The van der Waals surface area contributed by atoms with Gasteiger partial charge in [0, 0.05) is 18.3 Å². The molecule has 3 rings (SSSR count). The van der Waals surface area contributed by atoms with Crippen molar-refractivity contribution in [2.45, 2.75) is 25.0 Å². The molecule has 31 heavy (non-hydrogen) atoms. The fourth-order valence-corrected chi connectivity index (χ4v) is 3.91. The summed E-state index contributed by atoms with van der Waals surface area (Å²) in [7, 11) is 1.80. The van der Waals surface area contributed by atoms with E-state index in [0.29, 0.717) is 32.3 Å². The number of hydrogen-bond donors (Lipinski definition) is 2. The summed E-state index contributed by atoms with van der Waals surface area (Å²) in [5.41, 5.74) is 2.07. The van der Waals surface area contributed by atoms with Gasteiger partial charge in [0.15, 0.2) is 11.0 Å². The van der Waals surface area contributed by atoms with Crippen LogP contribution in [-0.4, -0.2) is 32.3 Å². The van der Waals surface area contributed by atoms with E-state index < -0.39 is 0 Å². The third kappa shape index (κ3) is 5.78. The van der Waals surface area contributed by atoms with E-state index in [4.69, 9.17) is 23.2 Å². The van der Waals surface area contributed by atoms with Gasteiger partial charge in [0.2, 0.25) is 5.91 Å². The monoisotopic (exact) mass is 477 g/mol. The van der Waals surface area contributed by atoms with Crippen LogP contribution in [0.5, 0.6) is 0 Å². The molecule has 2 amide bonds. The molecule has 1 heterocycles. The van der Waals surface area contributed by atoms with E-state index in [0.717, 1.165) is 5.56 Å². The molecule has 0 fully saturated rings. The maximum absolute atomic E-state index is 12.6. The van der Waals surface area contributed by atoms with Gasteiger partial charge in [-0.3, -0.25) is 9.59 Å². The van der Waals surface area contributed by atoms with Crippen LogP contribution < -0.4 is 10.6 Å². The lowest BCUT2D eigenvalue weighted by Gasteiger charge is -2.14. The van der Waals surface area contributed by atoms with E-state index in [1.54, 1.807) is 35.9 Å². The highest BCUT2D eigenvalue weighted by molar-refractivity contribution is 7.99. The van der Waals surface area contributed by atoms with Crippen molar-refractivity contribution in [2.75, 3.05) is 11.1 Å². The number of carbonyl (C=O) groups excluding carboxylic acids is 2. The summed E-state index contributed by atoms with van der Waals surface area (Å²) >= 11 is 13.1. The van der Waals surface area contributed by atoms with Gasteiger partial charge in [-0.1, -0.05) is 53.2 Å². The number of thioether (sulfide) groups is 1. The Kier molecular flexibility index (Phi) is 7.59. The predicted octanol–water partition coefficient (Wildman–Crippen LogP) is 4.65. The Balaban J connectivity index is 1.59.